The molecule has 1 aliphatic heterocycles. The van der Waals surface area contributed by atoms with E-state index >= 15 is 0 Å². The molecule has 132 valence electrons. The van der Waals surface area contributed by atoms with E-state index in [0.29, 0.717) is 5.56 Å². The number of esters is 1. The minimum Gasteiger partial charge on any atom is -0.457 e. The van der Waals surface area contributed by atoms with E-state index in [2.05, 4.69) is 16.0 Å². The first-order chi connectivity index (χ1) is 12.7. The number of pyridine rings is 1. The molecule has 1 aromatic heterocycles. The lowest BCUT2D eigenvalue weighted by atomic mass is 10.1. The van der Waals surface area contributed by atoms with Crippen LogP contribution in [0, 0.1) is 5.82 Å². The summed E-state index contributed by atoms with van der Waals surface area (Å²) in [7, 11) is 0. The largest absolute Gasteiger partial charge is 0.457 e. The lowest BCUT2D eigenvalue weighted by molar-refractivity contribution is 0.0473. The SMILES string of the molecule is O=C(OCc1ccc(F)cc1)c1ccc2ncc(N3CCCC3)cc2c1. The van der Waals surface area contributed by atoms with Gasteiger partial charge in [-0.2, -0.15) is 0 Å². The van der Waals surface area contributed by atoms with Crippen LogP contribution < -0.4 is 4.90 Å². The summed E-state index contributed by atoms with van der Waals surface area (Å²) in [5, 5.41) is 0.922. The number of carbonyl (C=O) groups is 1. The number of carbonyl (C=O) groups excluding carboxylic acids is 1. The summed E-state index contributed by atoms with van der Waals surface area (Å²) in [6.45, 7) is 2.21. The first kappa shape index (κ1) is 16.5. The minimum atomic E-state index is -0.400. The van der Waals surface area contributed by atoms with Gasteiger partial charge in [-0.05, 0) is 54.8 Å². The van der Waals surface area contributed by atoms with Gasteiger partial charge < -0.3 is 9.64 Å². The number of hydrogen-bond donors (Lipinski definition) is 0. The quantitative estimate of drug-likeness (QED) is 0.657. The maximum Gasteiger partial charge on any atom is 0.338 e. The zero-order valence-electron chi connectivity index (χ0n) is 14.3. The van der Waals surface area contributed by atoms with E-state index in [9.17, 15) is 9.18 Å². The average Bonchev–Trinajstić information content (AvgIpc) is 3.21. The van der Waals surface area contributed by atoms with Crippen LogP contribution >= 0.6 is 0 Å². The fraction of sp³-hybridized carbons (Fsp3) is 0.238. The van der Waals surface area contributed by atoms with Crippen LogP contribution in [0.15, 0.2) is 54.7 Å². The van der Waals surface area contributed by atoms with E-state index in [0.717, 1.165) is 35.2 Å². The third-order valence-corrected chi connectivity index (χ3v) is 4.66. The van der Waals surface area contributed by atoms with E-state index < -0.39 is 5.97 Å². The second-order valence-electron chi connectivity index (χ2n) is 6.50. The van der Waals surface area contributed by atoms with Gasteiger partial charge in [0.15, 0.2) is 0 Å². The van der Waals surface area contributed by atoms with Crippen molar-refractivity contribution in [3.63, 3.8) is 0 Å². The molecule has 3 aromatic rings. The van der Waals surface area contributed by atoms with Gasteiger partial charge in [0.25, 0.3) is 0 Å². The molecule has 2 aromatic carbocycles. The van der Waals surface area contributed by atoms with Crippen molar-refractivity contribution in [2.24, 2.45) is 0 Å². The topological polar surface area (TPSA) is 42.4 Å². The van der Waals surface area contributed by atoms with Crippen LogP contribution in [0.2, 0.25) is 0 Å². The molecule has 0 amide bonds. The second-order valence-corrected chi connectivity index (χ2v) is 6.50. The fourth-order valence-corrected chi connectivity index (χ4v) is 3.21. The molecule has 1 aliphatic rings. The van der Waals surface area contributed by atoms with Crippen molar-refractivity contribution >= 4 is 22.6 Å². The van der Waals surface area contributed by atoms with Crippen molar-refractivity contribution < 1.29 is 13.9 Å². The highest BCUT2D eigenvalue weighted by Crippen LogP contribution is 2.24. The van der Waals surface area contributed by atoms with Crippen LogP contribution in [0.1, 0.15) is 28.8 Å². The Balaban J connectivity index is 1.51. The normalized spacial score (nSPS) is 14.0. The summed E-state index contributed by atoms with van der Waals surface area (Å²) >= 11 is 0. The summed E-state index contributed by atoms with van der Waals surface area (Å²) < 4.78 is 18.3. The highest BCUT2D eigenvalue weighted by atomic mass is 19.1. The summed E-state index contributed by atoms with van der Waals surface area (Å²) in [4.78, 5) is 19.2. The Bertz CT molecular complexity index is 934. The molecule has 0 unspecified atom stereocenters. The van der Waals surface area contributed by atoms with E-state index in [1.54, 1.807) is 18.2 Å². The molecular weight excluding hydrogens is 331 g/mol. The van der Waals surface area contributed by atoms with Crippen molar-refractivity contribution in [2.45, 2.75) is 19.4 Å². The lowest BCUT2D eigenvalue weighted by Crippen LogP contribution is -2.17. The van der Waals surface area contributed by atoms with Gasteiger partial charge in [-0.25, -0.2) is 9.18 Å². The molecule has 0 N–H and O–H groups in total. The Hall–Kier alpha value is -2.95. The molecule has 0 radical (unpaired) electrons. The summed E-state index contributed by atoms with van der Waals surface area (Å²) in [5.41, 5.74) is 3.17. The second kappa shape index (κ2) is 7.12. The Morgan fingerprint density at radius 3 is 2.62 bits per heavy atom. The molecule has 0 saturated carbocycles. The Labute approximate surface area is 151 Å². The first-order valence-electron chi connectivity index (χ1n) is 8.75. The maximum absolute atomic E-state index is 12.9. The molecule has 2 heterocycles. The zero-order chi connectivity index (χ0) is 17.9. The van der Waals surface area contributed by atoms with Crippen molar-refractivity contribution in [1.82, 2.24) is 4.98 Å². The van der Waals surface area contributed by atoms with E-state index in [1.807, 2.05) is 18.3 Å². The number of anilines is 1. The van der Waals surface area contributed by atoms with Gasteiger partial charge in [-0.3, -0.25) is 4.98 Å². The van der Waals surface area contributed by atoms with Crippen LogP contribution in [-0.4, -0.2) is 24.0 Å². The van der Waals surface area contributed by atoms with Crippen LogP contribution in [0.5, 0.6) is 0 Å². The summed E-state index contributed by atoms with van der Waals surface area (Å²) in [6, 6.07) is 13.4. The Kier molecular flexibility index (Phi) is 4.52. The van der Waals surface area contributed by atoms with Crippen LogP contribution in [0.3, 0.4) is 0 Å². The molecule has 4 nitrogen and oxygen atoms in total. The number of ether oxygens (including phenoxy) is 1. The molecule has 0 atom stereocenters. The van der Waals surface area contributed by atoms with Crippen LogP contribution in [0.4, 0.5) is 10.1 Å². The molecule has 0 bridgehead atoms. The number of benzene rings is 2. The highest BCUT2D eigenvalue weighted by Gasteiger charge is 2.14. The minimum absolute atomic E-state index is 0.114. The third-order valence-electron chi connectivity index (χ3n) is 4.66. The zero-order valence-corrected chi connectivity index (χ0v) is 14.3. The predicted molar refractivity (Wildman–Crippen MR) is 98.7 cm³/mol. The van der Waals surface area contributed by atoms with Crippen molar-refractivity contribution in [2.75, 3.05) is 18.0 Å². The number of hydrogen-bond acceptors (Lipinski definition) is 4. The van der Waals surface area contributed by atoms with Gasteiger partial charge in [-0.15, -0.1) is 0 Å². The van der Waals surface area contributed by atoms with Gasteiger partial charge in [0.1, 0.15) is 12.4 Å². The number of fused-ring (bicyclic) bond motifs is 1. The van der Waals surface area contributed by atoms with Gasteiger partial charge >= 0.3 is 5.97 Å². The van der Waals surface area contributed by atoms with E-state index in [4.69, 9.17) is 4.74 Å². The first-order valence-corrected chi connectivity index (χ1v) is 8.75. The van der Waals surface area contributed by atoms with Crippen molar-refractivity contribution in [3.05, 3.63) is 71.7 Å². The van der Waals surface area contributed by atoms with Crippen molar-refractivity contribution in [1.29, 1.82) is 0 Å². The summed E-state index contributed by atoms with van der Waals surface area (Å²) in [5.74, 6) is -0.710. The highest BCUT2D eigenvalue weighted by molar-refractivity contribution is 5.95. The molecule has 0 spiro atoms. The molecule has 26 heavy (non-hydrogen) atoms. The third kappa shape index (κ3) is 3.52. The fourth-order valence-electron chi connectivity index (χ4n) is 3.21. The van der Waals surface area contributed by atoms with Crippen LogP contribution in [-0.2, 0) is 11.3 Å². The molecule has 4 rings (SSSR count). The molecule has 1 saturated heterocycles. The van der Waals surface area contributed by atoms with Gasteiger partial charge in [0.2, 0.25) is 0 Å². The number of rotatable bonds is 4. The van der Waals surface area contributed by atoms with Gasteiger partial charge in [0.05, 0.1) is 23.0 Å². The monoisotopic (exact) mass is 350 g/mol. The standard InChI is InChI=1S/C21H19FN2O2/c22-18-6-3-15(4-7-18)14-26-21(25)16-5-8-20-17(11-16)12-19(13-23-20)24-9-1-2-10-24/h3-8,11-13H,1-2,9-10,14H2. The number of aromatic nitrogens is 1. The number of nitrogens with zero attached hydrogens (tertiary/aromatic N) is 2. The smallest absolute Gasteiger partial charge is 0.338 e. The lowest BCUT2D eigenvalue weighted by Gasteiger charge is -2.17. The van der Waals surface area contributed by atoms with Gasteiger partial charge in [0, 0.05) is 18.5 Å². The molecular formula is C21H19FN2O2. The molecule has 5 heteroatoms. The molecule has 0 aliphatic carbocycles. The van der Waals surface area contributed by atoms with Gasteiger partial charge in [-0.1, -0.05) is 12.1 Å². The molecule has 1 fully saturated rings. The van der Waals surface area contributed by atoms with E-state index in [-0.39, 0.29) is 12.4 Å². The van der Waals surface area contributed by atoms with Crippen LogP contribution in [0.25, 0.3) is 10.9 Å². The Morgan fingerprint density at radius 2 is 1.85 bits per heavy atom. The van der Waals surface area contributed by atoms with E-state index in [1.165, 1.54) is 25.0 Å². The number of halogens is 1. The maximum atomic E-state index is 12.9. The summed E-state index contributed by atoms with van der Waals surface area (Å²) in [6.07, 6.45) is 4.29. The average molecular weight is 350 g/mol. The van der Waals surface area contributed by atoms with Crippen molar-refractivity contribution in [3.8, 4) is 0 Å². The Morgan fingerprint density at radius 1 is 1.08 bits per heavy atom. The predicted octanol–water partition coefficient (Wildman–Crippen LogP) is 4.33.